The number of nitrogens with two attached hydrogens (primary N) is 1. The zero-order chi connectivity index (χ0) is 14.5. The average Bonchev–Trinajstić information content (AvgIpc) is 2.46. The van der Waals surface area contributed by atoms with Gasteiger partial charge in [0.15, 0.2) is 0 Å². The molecule has 1 aliphatic carbocycles. The summed E-state index contributed by atoms with van der Waals surface area (Å²) in [5.74, 6) is 1.44. The normalized spacial score (nSPS) is 22.5. The van der Waals surface area contributed by atoms with Gasteiger partial charge in [0.1, 0.15) is 5.75 Å². The minimum Gasteiger partial charge on any atom is -0.492 e. The molecule has 1 aromatic rings. The van der Waals surface area contributed by atoms with Gasteiger partial charge in [-0.3, -0.25) is 10.1 Å². The lowest BCUT2D eigenvalue weighted by molar-refractivity contribution is -0.384. The van der Waals surface area contributed by atoms with Crippen molar-refractivity contribution in [2.75, 3.05) is 13.2 Å². The van der Waals surface area contributed by atoms with Gasteiger partial charge in [0.25, 0.3) is 5.69 Å². The lowest BCUT2D eigenvalue weighted by atomic mass is 9.80. The quantitative estimate of drug-likeness (QED) is 0.667. The van der Waals surface area contributed by atoms with E-state index in [1.807, 2.05) is 0 Å². The van der Waals surface area contributed by atoms with Gasteiger partial charge in [-0.25, -0.2) is 0 Å². The summed E-state index contributed by atoms with van der Waals surface area (Å²) in [5.41, 5.74) is 5.76. The fraction of sp³-hybridized carbons (Fsp3) is 0.571. The molecule has 6 heteroatoms. The highest BCUT2D eigenvalue weighted by molar-refractivity contribution is 6.32. The minimum absolute atomic E-state index is 0.0279. The number of benzene rings is 1. The zero-order valence-corrected chi connectivity index (χ0v) is 12.0. The van der Waals surface area contributed by atoms with Crippen LogP contribution in [0.5, 0.6) is 5.75 Å². The van der Waals surface area contributed by atoms with Gasteiger partial charge in [0.2, 0.25) is 0 Å². The Kier molecular flexibility index (Phi) is 5.20. The molecule has 5 nitrogen and oxygen atoms in total. The third-order valence-electron chi connectivity index (χ3n) is 3.95. The maximum Gasteiger partial charge on any atom is 0.271 e. The molecule has 1 saturated carbocycles. The predicted octanol–water partition coefficient (Wildman–Crippen LogP) is 3.39. The Hall–Kier alpha value is -1.33. The molecule has 0 aliphatic heterocycles. The summed E-state index contributed by atoms with van der Waals surface area (Å²) < 4.78 is 5.73. The van der Waals surface area contributed by atoms with E-state index < -0.39 is 4.92 Å². The molecular formula is C14H19ClN2O3. The molecule has 2 rings (SSSR count). The van der Waals surface area contributed by atoms with Crippen molar-refractivity contribution in [3.63, 3.8) is 0 Å². The number of nitro benzene ring substituents is 1. The van der Waals surface area contributed by atoms with E-state index in [-0.39, 0.29) is 10.7 Å². The summed E-state index contributed by atoms with van der Waals surface area (Å²) in [5, 5.41) is 10.9. The number of non-ortho nitro benzene ring substituents is 1. The van der Waals surface area contributed by atoms with Crippen LogP contribution in [0.4, 0.5) is 5.69 Å². The SMILES string of the molecule is NCC1CCCCC1COc1ccc([N+](=O)[O-])cc1Cl. The Morgan fingerprint density at radius 3 is 2.65 bits per heavy atom. The number of halogens is 1. The molecule has 0 bridgehead atoms. The summed E-state index contributed by atoms with van der Waals surface area (Å²) in [6.45, 7) is 1.25. The maximum atomic E-state index is 10.6. The van der Waals surface area contributed by atoms with E-state index in [9.17, 15) is 10.1 Å². The van der Waals surface area contributed by atoms with Crippen LogP contribution in [-0.2, 0) is 0 Å². The fourth-order valence-corrected chi connectivity index (χ4v) is 2.96. The molecular weight excluding hydrogens is 280 g/mol. The van der Waals surface area contributed by atoms with Crippen LogP contribution in [0.3, 0.4) is 0 Å². The van der Waals surface area contributed by atoms with Crippen molar-refractivity contribution in [2.24, 2.45) is 17.6 Å². The standard InChI is InChI=1S/C14H19ClN2O3/c15-13-7-12(17(18)19)5-6-14(13)20-9-11-4-2-1-3-10(11)8-16/h5-7,10-11H,1-4,8-9,16H2. The van der Waals surface area contributed by atoms with Crippen LogP contribution in [0, 0.1) is 22.0 Å². The highest BCUT2D eigenvalue weighted by Gasteiger charge is 2.24. The van der Waals surface area contributed by atoms with Crippen molar-refractivity contribution < 1.29 is 9.66 Å². The van der Waals surface area contributed by atoms with E-state index >= 15 is 0 Å². The molecule has 0 amide bonds. The molecule has 0 aromatic heterocycles. The van der Waals surface area contributed by atoms with Gasteiger partial charge >= 0.3 is 0 Å². The molecule has 2 unspecified atom stereocenters. The largest absolute Gasteiger partial charge is 0.492 e. The third-order valence-corrected chi connectivity index (χ3v) is 4.24. The second-order valence-corrected chi connectivity index (χ2v) is 5.63. The Morgan fingerprint density at radius 1 is 1.35 bits per heavy atom. The number of ether oxygens (including phenoxy) is 1. The molecule has 0 radical (unpaired) electrons. The fourth-order valence-electron chi connectivity index (χ4n) is 2.73. The van der Waals surface area contributed by atoms with Gasteiger partial charge in [-0.15, -0.1) is 0 Å². The average molecular weight is 299 g/mol. The molecule has 2 N–H and O–H groups in total. The van der Waals surface area contributed by atoms with Gasteiger partial charge in [-0.2, -0.15) is 0 Å². The van der Waals surface area contributed by atoms with Gasteiger partial charge in [-0.1, -0.05) is 24.4 Å². The van der Waals surface area contributed by atoms with Gasteiger partial charge < -0.3 is 10.5 Å². The van der Waals surface area contributed by atoms with Crippen LogP contribution in [0.15, 0.2) is 18.2 Å². The van der Waals surface area contributed by atoms with Gasteiger partial charge in [-0.05, 0) is 37.3 Å². The van der Waals surface area contributed by atoms with Crippen molar-refractivity contribution in [3.05, 3.63) is 33.3 Å². The van der Waals surface area contributed by atoms with Crippen molar-refractivity contribution in [1.82, 2.24) is 0 Å². The van der Waals surface area contributed by atoms with Crippen LogP contribution in [0.2, 0.25) is 5.02 Å². The molecule has 1 fully saturated rings. The van der Waals surface area contributed by atoms with E-state index in [1.165, 1.54) is 25.0 Å². The van der Waals surface area contributed by atoms with Crippen molar-refractivity contribution in [3.8, 4) is 5.75 Å². The van der Waals surface area contributed by atoms with E-state index in [1.54, 1.807) is 6.07 Å². The topological polar surface area (TPSA) is 78.4 Å². The van der Waals surface area contributed by atoms with Crippen molar-refractivity contribution >= 4 is 17.3 Å². The molecule has 2 atom stereocenters. The molecule has 0 saturated heterocycles. The van der Waals surface area contributed by atoms with Crippen LogP contribution >= 0.6 is 11.6 Å². The summed E-state index contributed by atoms with van der Waals surface area (Å²) in [7, 11) is 0. The zero-order valence-electron chi connectivity index (χ0n) is 11.3. The molecule has 1 aromatic carbocycles. The van der Waals surface area contributed by atoms with Crippen LogP contribution in [0.25, 0.3) is 0 Å². The van der Waals surface area contributed by atoms with Crippen LogP contribution in [-0.4, -0.2) is 18.1 Å². The second kappa shape index (κ2) is 6.90. The maximum absolute atomic E-state index is 10.6. The predicted molar refractivity (Wildman–Crippen MR) is 78.1 cm³/mol. The number of nitrogens with zero attached hydrogens (tertiary/aromatic N) is 1. The lowest BCUT2D eigenvalue weighted by Gasteiger charge is -2.30. The Morgan fingerprint density at radius 2 is 2.05 bits per heavy atom. The Labute approximate surface area is 123 Å². The smallest absolute Gasteiger partial charge is 0.271 e. The molecule has 20 heavy (non-hydrogen) atoms. The molecule has 0 spiro atoms. The first-order chi connectivity index (χ1) is 9.61. The van der Waals surface area contributed by atoms with Gasteiger partial charge in [0.05, 0.1) is 16.6 Å². The van der Waals surface area contributed by atoms with Crippen LogP contribution < -0.4 is 10.5 Å². The first kappa shape index (κ1) is 15.1. The highest BCUT2D eigenvalue weighted by Crippen LogP contribution is 2.32. The van der Waals surface area contributed by atoms with Crippen molar-refractivity contribution in [2.45, 2.75) is 25.7 Å². The minimum atomic E-state index is -0.471. The number of hydrogen-bond donors (Lipinski definition) is 1. The van der Waals surface area contributed by atoms with E-state index in [0.717, 1.165) is 12.8 Å². The van der Waals surface area contributed by atoms with Gasteiger partial charge in [0, 0.05) is 12.1 Å². The Bertz CT molecular complexity index is 481. The Balaban J connectivity index is 1.98. The second-order valence-electron chi connectivity index (χ2n) is 5.22. The van der Waals surface area contributed by atoms with E-state index in [4.69, 9.17) is 22.1 Å². The first-order valence-corrected chi connectivity index (χ1v) is 7.26. The summed E-state index contributed by atoms with van der Waals surface area (Å²) in [6, 6.07) is 4.28. The summed E-state index contributed by atoms with van der Waals surface area (Å²) in [6.07, 6.45) is 4.71. The highest BCUT2D eigenvalue weighted by atomic mass is 35.5. The first-order valence-electron chi connectivity index (χ1n) is 6.88. The van der Waals surface area contributed by atoms with E-state index in [2.05, 4.69) is 0 Å². The molecule has 110 valence electrons. The van der Waals surface area contributed by atoms with Crippen LogP contribution in [0.1, 0.15) is 25.7 Å². The monoisotopic (exact) mass is 298 g/mol. The number of nitro groups is 1. The van der Waals surface area contributed by atoms with E-state index in [0.29, 0.717) is 30.7 Å². The lowest BCUT2D eigenvalue weighted by Crippen LogP contribution is -2.30. The molecule has 1 aliphatic rings. The third kappa shape index (κ3) is 3.61. The summed E-state index contributed by atoms with van der Waals surface area (Å²) >= 11 is 6.01. The molecule has 0 heterocycles. The number of rotatable bonds is 5. The summed E-state index contributed by atoms with van der Waals surface area (Å²) in [4.78, 5) is 10.2. The number of hydrogen-bond acceptors (Lipinski definition) is 4. The van der Waals surface area contributed by atoms with Crippen molar-refractivity contribution in [1.29, 1.82) is 0 Å².